The van der Waals surface area contributed by atoms with Gasteiger partial charge in [0.15, 0.2) is 0 Å². The number of hydrogen-bond acceptors (Lipinski definition) is 4. The number of nitrogens with two attached hydrogens (primary N) is 1. The minimum absolute atomic E-state index is 0. The van der Waals surface area contributed by atoms with E-state index in [1.165, 1.54) is 0 Å². The number of carbonyl (C=O) groups is 2. The molecule has 6 nitrogen and oxygen atoms in total. The molecule has 0 bridgehead atoms. The Bertz CT molecular complexity index is 282. The second-order valence-electron chi connectivity index (χ2n) is 5.38. The number of rotatable bonds is 4. The summed E-state index contributed by atoms with van der Waals surface area (Å²) < 4.78 is 5.02. The van der Waals surface area contributed by atoms with Crippen LogP contribution in [0.25, 0.3) is 0 Å². The third kappa shape index (κ3) is 5.65. The van der Waals surface area contributed by atoms with Crippen molar-refractivity contribution in [3.63, 3.8) is 0 Å². The number of esters is 1. The molecule has 0 heterocycles. The molecule has 0 aliphatic heterocycles. The summed E-state index contributed by atoms with van der Waals surface area (Å²) in [6, 6.07) is 0. The van der Waals surface area contributed by atoms with Crippen molar-refractivity contribution in [2.24, 2.45) is 11.7 Å². The largest absolute Gasteiger partial charge is 0.479 e. The molecule has 6 heteroatoms. The predicted octanol–water partition coefficient (Wildman–Crippen LogP) is 0.332. The van der Waals surface area contributed by atoms with E-state index < -0.39 is 23.1 Å². The molecule has 0 saturated heterocycles. The van der Waals surface area contributed by atoms with E-state index >= 15 is 0 Å². The zero-order chi connectivity index (χ0) is 13.1. The molecule has 0 aromatic carbocycles. The van der Waals surface area contributed by atoms with E-state index in [-0.39, 0.29) is 17.8 Å². The van der Waals surface area contributed by atoms with Crippen LogP contribution in [0.4, 0.5) is 0 Å². The molecule has 0 spiro atoms. The van der Waals surface area contributed by atoms with Crippen LogP contribution in [0.5, 0.6) is 0 Å². The van der Waals surface area contributed by atoms with Gasteiger partial charge in [0, 0.05) is 0 Å². The number of ether oxygens (including phenoxy) is 1. The molecule has 0 aliphatic rings. The van der Waals surface area contributed by atoms with Crippen LogP contribution in [0, 0.1) is 5.92 Å². The lowest BCUT2D eigenvalue weighted by Crippen LogP contribution is -2.57. The molecule has 0 rings (SSSR count). The van der Waals surface area contributed by atoms with Crippen molar-refractivity contribution < 1.29 is 24.9 Å². The number of hydrogen-bond donors (Lipinski definition) is 2. The van der Waals surface area contributed by atoms with Crippen LogP contribution in [0.2, 0.25) is 0 Å². The Hall–Kier alpha value is -1.14. The second-order valence-corrected chi connectivity index (χ2v) is 5.38. The van der Waals surface area contributed by atoms with Gasteiger partial charge in [-0.1, -0.05) is 13.8 Å². The standard InChI is InChI=1S/C11H21NO4.H2O/c1-7(2)6-11(12,8(13)14)9(15)16-10(3,4)5;/h7H,6,12H2,1-5H3,(H,13,14);1H2. The number of carbonyl (C=O) groups excluding carboxylic acids is 1. The van der Waals surface area contributed by atoms with Crippen molar-refractivity contribution >= 4 is 11.9 Å². The van der Waals surface area contributed by atoms with E-state index in [0.29, 0.717) is 0 Å². The Morgan fingerprint density at radius 3 is 1.94 bits per heavy atom. The first-order valence-electron chi connectivity index (χ1n) is 5.25. The van der Waals surface area contributed by atoms with Gasteiger partial charge in [0.2, 0.25) is 5.54 Å². The predicted molar refractivity (Wildman–Crippen MR) is 63.5 cm³/mol. The smallest absolute Gasteiger partial charge is 0.338 e. The zero-order valence-electron chi connectivity index (χ0n) is 11.0. The van der Waals surface area contributed by atoms with Crippen LogP contribution in [0.3, 0.4) is 0 Å². The molecule has 102 valence electrons. The number of carboxylic acid groups (broad SMARTS) is 1. The van der Waals surface area contributed by atoms with Gasteiger partial charge in [0.1, 0.15) is 5.60 Å². The molecule has 1 unspecified atom stereocenters. The highest BCUT2D eigenvalue weighted by molar-refractivity contribution is 6.03. The number of carboxylic acids is 1. The summed E-state index contributed by atoms with van der Waals surface area (Å²) >= 11 is 0. The fourth-order valence-corrected chi connectivity index (χ4v) is 1.27. The van der Waals surface area contributed by atoms with Gasteiger partial charge in [0.25, 0.3) is 0 Å². The van der Waals surface area contributed by atoms with E-state index in [0.717, 1.165) is 0 Å². The van der Waals surface area contributed by atoms with E-state index in [9.17, 15) is 9.59 Å². The van der Waals surface area contributed by atoms with Crippen molar-refractivity contribution in [3.8, 4) is 0 Å². The molecular weight excluding hydrogens is 226 g/mol. The molecule has 1 atom stereocenters. The van der Waals surface area contributed by atoms with Gasteiger partial charge in [-0.3, -0.25) is 0 Å². The second kappa shape index (κ2) is 5.97. The SMILES string of the molecule is CC(C)CC(N)(C(=O)O)C(=O)OC(C)(C)C.O. The molecule has 0 aliphatic carbocycles. The van der Waals surface area contributed by atoms with Crippen molar-refractivity contribution in [1.82, 2.24) is 0 Å². The van der Waals surface area contributed by atoms with Gasteiger partial charge < -0.3 is 21.1 Å². The first-order chi connectivity index (χ1) is 6.99. The third-order valence-corrected chi connectivity index (χ3v) is 1.87. The molecule has 0 amide bonds. The van der Waals surface area contributed by atoms with E-state index in [1.807, 2.05) is 0 Å². The van der Waals surface area contributed by atoms with Crippen LogP contribution < -0.4 is 5.73 Å². The minimum atomic E-state index is -1.96. The van der Waals surface area contributed by atoms with Gasteiger partial charge in [0.05, 0.1) is 0 Å². The Morgan fingerprint density at radius 2 is 1.71 bits per heavy atom. The maximum atomic E-state index is 11.7. The Kier molecular flexibility index (Phi) is 6.41. The summed E-state index contributed by atoms with van der Waals surface area (Å²) in [6.45, 7) is 8.61. The topological polar surface area (TPSA) is 121 Å². The van der Waals surface area contributed by atoms with E-state index in [1.54, 1.807) is 34.6 Å². The summed E-state index contributed by atoms with van der Waals surface area (Å²) in [6.07, 6.45) is 0.0528. The van der Waals surface area contributed by atoms with Gasteiger partial charge in [-0.2, -0.15) is 0 Å². The summed E-state index contributed by atoms with van der Waals surface area (Å²) in [5, 5.41) is 9.02. The Labute approximate surface area is 101 Å². The highest BCUT2D eigenvalue weighted by Crippen LogP contribution is 2.20. The van der Waals surface area contributed by atoms with Gasteiger partial charge >= 0.3 is 11.9 Å². The van der Waals surface area contributed by atoms with Crippen molar-refractivity contribution in [3.05, 3.63) is 0 Å². The van der Waals surface area contributed by atoms with Gasteiger partial charge in [-0.05, 0) is 33.1 Å². The fourth-order valence-electron chi connectivity index (χ4n) is 1.27. The monoisotopic (exact) mass is 249 g/mol. The lowest BCUT2D eigenvalue weighted by atomic mass is 9.90. The van der Waals surface area contributed by atoms with Crippen LogP contribution in [0.1, 0.15) is 41.0 Å². The van der Waals surface area contributed by atoms with Crippen LogP contribution in [0.15, 0.2) is 0 Å². The highest BCUT2D eigenvalue weighted by atomic mass is 16.6. The maximum Gasteiger partial charge on any atom is 0.338 e. The minimum Gasteiger partial charge on any atom is -0.479 e. The van der Waals surface area contributed by atoms with Gasteiger partial charge in [-0.25, -0.2) is 9.59 Å². The van der Waals surface area contributed by atoms with Crippen LogP contribution >= 0.6 is 0 Å². The Balaban J connectivity index is 0. The molecule has 17 heavy (non-hydrogen) atoms. The zero-order valence-corrected chi connectivity index (χ0v) is 11.0. The fraction of sp³-hybridized carbons (Fsp3) is 0.818. The third-order valence-electron chi connectivity index (χ3n) is 1.87. The van der Waals surface area contributed by atoms with Crippen LogP contribution in [-0.4, -0.2) is 33.7 Å². The Morgan fingerprint density at radius 1 is 1.29 bits per heavy atom. The summed E-state index contributed by atoms with van der Waals surface area (Å²) in [7, 11) is 0. The summed E-state index contributed by atoms with van der Waals surface area (Å²) in [5.41, 5.74) is 2.92. The van der Waals surface area contributed by atoms with Crippen LogP contribution in [-0.2, 0) is 14.3 Å². The first kappa shape index (κ1) is 18.2. The average molecular weight is 249 g/mol. The summed E-state index contributed by atoms with van der Waals surface area (Å²) in [5.74, 6) is -2.25. The molecular formula is C11H23NO5. The molecule has 0 radical (unpaired) electrons. The summed E-state index contributed by atoms with van der Waals surface area (Å²) in [4.78, 5) is 22.8. The molecule has 5 N–H and O–H groups in total. The van der Waals surface area contributed by atoms with E-state index in [4.69, 9.17) is 15.6 Å². The lowest BCUT2D eigenvalue weighted by molar-refractivity contribution is -0.170. The molecule has 0 fully saturated rings. The van der Waals surface area contributed by atoms with Crippen molar-refractivity contribution in [2.45, 2.75) is 52.2 Å². The molecule has 0 aromatic heterocycles. The number of aliphatic carboxylic acids is 1. The highest BCUT2D eigenvalue weighted by Gasteiger charge is 2.45. The maximum absolute atomic E-state index is 11.7. The normalized spacial score (nSPS) is 14.8. The molecule has 0 aromatic rings. The lowest BCUT2D eigenvalue weighted by Gasteiger charge is -2.29. The van der Waals surface area contributed by atoms with Crippen molar-refractivity contribution in [2.75, 3.05) is 0 Å². The van der Waals surface area contributed by atoms with Gasteiger partial charge in [-0.15, -0.1) is 0 Å². The van der Waals surface area contributed by atoms with E-state index in [2.05, 4.69) is 0 Å². The van der Waals surface area contributed by atoms with Crippen molar-refractivity contribution in [1.29, 1.82) is 0 Å². The first-order valence-corrected chi connectivity index (χ1v) is 5.25. The quantitative estimate of drug-likeness (QED) is 0.549. The average Bonchev–Trinajstić information content (AvgIpc) is 1.98. The molecule has 0 saturated carbocycles.